The van der Waals surface area contributed by atoms with E-state index in [0.29, 0.717) is 29.7 Å². The van der Waals surface area contributed by atoms with Gasteiger partial charge >= 0.3 is 6.18 Å². The summed E-state index contributed by atoms with van der Waals surface area (Å²) in [6.07, 6.45) is -0.768. The number of hydrogen-bond acceptors (Lipinski definition) is 7. The molecule has 0 bridgehead atoms. The average Bonchev–Trinajstić information content (AvgIpc) is 2.91. The van der Waals surface area contributed by atoms with Crippen LogP contribution in [-0.2, 0) is 17.4 Å². The summed E-state index contributed by atoms with van der Waals surface area (Å²) in [5, 5.41) is 8.14. The van der Waals surface area contributed by atoms with Gasteiger partial charge in [0.05, 0.1) is 23.8 Å². The Morgan fingerprint density at radius 1 is 1.03 bits per heavy atom. The molecule has 39 heavy (non-hydrogen) atoms. The molecule has 1 N–H and O–H groups in total. The summed E-state index contributed by atoms with van der Waals surface area (Å²) in [5.41, 5.74) is 6.74. The Hall–Kier alpha value is -4.02. The molecule has 4 aromatic rings. The summed E-state index contributed by atoms with van der Waals surface area (Å²) >= 11 is 6.52. The van der Waals surface area contributed by atoms with Gasteiger partial charge in [-0.3, -0.25) is 14.8 Å². The second-order valence-corrected chi connectivity index (χ2v) is 9.45. The highest BCUT2D eigenvalue weighted by atomic mass is 35.5. The molecule has 0 amide bonds. The fourth-order valence-electron chi connectivity index (χ4n) is 4.32. The van der Waals surface area contributed by atoms with Crippen LogP contribution < -0.4 is 10.2 Å². The summed E-state index contributed by atoms with van der Waals surface area (Å²) in [4.78, 5) is 14.6. The van der Waals surface area contributed by atoms with E-state index in [0.717, 1.165) is 28.8 Å². The molecule has 7 nitrogen and oxygen atoms in total. The Kier molecular flexibility index (Phi) is 7.49. The van der Waals surface area contributed by atoms with Crippen molar-refractivity contribution in [3.8, 4) is 22.8 Å². The van der Waals surface area contributed by atoms with E-state index in [1.807, 2.05) is 19.9 Å². The maximum absolute atomic E-state index is 13.3. The molecule has 5 rings (SSSR count). The summed E-state index contributed by atoms with van der Waals surface area (Å²) < 4.78 is 45.9. The third-order valence-electron chi connectivity index (χ3n) is 6.19. The molecule has 200 valence electrons. The molecule has 11 heteroatoms. The van der Waals surface area contributed by atoms with Crippen molar-refractivity contribution in [1.29, 1.82) is 0 Å². The number of hydrogen-bond donors (Lipinski definition) is 1. The van der Waals surface area contributed by atoms with Crippen LogP contribution >= 0.6 is 11.6 Å². The molecular weight excluding hydrogens is 531 g/mol. The van der Waals surface area contributed by atoms with E-state index in [2.05, 4.69) is 32.8 Å². The number of hydroxylamine groups is 1. The zero-order valence-corrected chi connectivity index (χ0v) is 21.7. The third kappa shape index (κ3) is 6.02. The van der Waals surface area contributed by atoms with Gasteiger partial charge in [0.15, 0.2) is 11.0 Å². The van der Waals surface area contributed by atoms with E-state index >= 15 is 0 Å². The predicted molar refractivity (Wildman–Crippen MR) is 141 cm³/mol. The maximum atomic E-state index is 13.3. The minimum absolute atomic E-state index is 0.0496. The molecule has 2 aromatic heterocycles. The van der Waals surface area contributed by atoms with Gasteiger partial charge in [-0.05, 0) is 67.3 Å². The molecule has 2 aromatic carbocycles. The molecule has 1 atom stereocenters. The number of aromatic nitrogens is 3. The molecule has 0 radical (unpaired) electrons. The number of ether oxygens (including phenoxy) is 1. The first kappa shape index (κ1) is 26.6. The molecule has 0 saturated carbocycles. The summed E-state index contributed by atoms with van der Waals surface area (Å²) in [6.45, 7) is 4.38. The SMILES string of the molecule is Cc1ccc(C[C@@H]2CONC(c3c(Oc4cccc(C(F)(F)F)c4)nnc(Cl)c3-c3ccncc3)=N2)c(C)c1. The topological polar surface area (TPSA) is 81.5 Å². The van der Waals surface area contributed by atoms with Crippen molar-refractivity contribution < 1.29 is 22.7 Å². The fraction of sp³-hybridized carbons (Fsp3) is 0.214. The second kappa shape index (κ2) is 11.0. The Morgan fingerprint density at radius 2 is 1.82 bits per heavy atom. The number of amidine groups is 1. The number of aryl methyl sites for hydroxylation is 2. The lowest BCUT2D eigenvalue weighted by molar-refractivity contribution is -0.137. The van der Waals surface area contributed by atoms with E-state index in [1.54, 1.807) is 24.5 Å². The Morgan fingerprint density at radius 3 is 2.56 bits per heavy atom. The summed E-state index contributed by atoms with van der Waals surface area (Å²) in [7, 11) is 0. The molecule has 1 aliphatic rings. The highest BCUT2D eigenvalue weighted by Crippen LogP contribution is 2.38. The van der Waals surface area contributed by atoms with Crippen molar-refractivity contribution in [2.45, 2.75) is 32.5 Å². The van der Waals surface area contributed by atoms with Crippen LogP contribution in [-0.4, -0.2) is 33.7 Å². The van der Waals surface area contributed by atoms with Crippen molar-refractivity contribution in [3.63, 3.8) is 0 Å². The van der Waals surface area contributed by atoms with Crippen molar-refractivity contribution >= 4 is 17.4 Å². The third-order valence-corrected chi connectivity index (χ3v) is 6.45. The molecule has 3 heterocycles. The van der Waals surface area contributed by atoms with Crippen molar-refractivity contribution in [2.24, 2.45) is 4.99 Å². The Labute approximate surface area is 227 Å². The quantitative estimate of drug-likeness (QED) is 0.293. The van der Waals surface area contributed by atoms with Gasteiger partial charge in [0.2, 0.25) is 0 Å². The molecule has 0 aliphatic carbocycles. The second-order valence-electron chi connectivity index (χ2n) is 9.09. The average molecular weight is 554 g/mol. The smallest absolute Gasteiger partial charge is 0.416 e. The number of pyridine rings is 1. The van der Waals surface area contributed by atoms with Gasteiger partial charge in [0.25, 0.3) is 5.88 Å². The van der Waals surface area contributed by atoms with Crippen LogP contribution in [0.1, 0.15) is 27.8 Å². The van der Waals surface area contributed by atoms with Crippen molar-refractivity contribution in [3.05, 3.63) is 100.0 Å². The van der Waals surface area contributed by atoms with Gasteiger partial charge in [-0.25, -0.2) is 5.48 Å². The number of nitrogens with zero attached hydrogens (tertiary/aromatic N) is 4. The normalized spacial score (nSPS) is 15.4. The number of halogens is 4. The van der Waals surface area contributed by atoms with Crippen molar-refractivity contribution in [2.75, 3.05) is 6.61 Å². The number of aliphatic imine (C=N–C) groups is 1. The molecule has 1 aliphatic heterocycles. The lowest BCUT2D eigenvalue weighted by Gasteiger charge is -2.25. The van der Waals surface area contributed by atoms with Crippen molar-refractivity contribution in [1.82, 2.24) is 20.7 Å². The highest BCUT2D eigenvalue weighted by Gasteiger charge is 2.31. The van der Waals surface area contributed by atoms with Gasteiger partial charge < -0.3 is 4.74 Å². The van der Waals surface area contributed by atoms with Gasteiger partial charge in [-0.1, -0.05) is 41.4 Å². The highest BCUT2D eigenvalue weighted by molar-refractivity contribution is 6.33. The summed E-state index contributed by atoms with van der Waals surface area (Å²) in [5.74, 6) is 0.0988. The predicted octanol–water partition coefficient (Wildman–Crippen LogP) is 6.51. The minimum atomic E-state index is -4.54. The first-order chi connectivity index (χ1) is 18.7. The van der Waals surface area contributed by atoms with E-state index in [4.69, 9.17) is 26.2 Å². The van der Waals surface area contributed by atoms with Crippen LogP contribution in [0.25, 0.3) is 11.1 Å². The Bertz CT molecular complexity index is 1530. The first-order valence-electron chi connectivity index (χ1n) is 12.0. The zero-order valence-electron chi connectivity index (χ0n) is 21.0. The van der Waals surface area contributed by atoms with Gasteiger partial charge in [-0.15, -0.1) is 10.2 Å². The fourth-order valence-corrected chi connectivity index (χ4v) is 4.56. The maximum Gasteiger partial charge on any atom is 0.416 e. The number of rotatable bonds is 6. The number of benzene rings is 2. The van der Waals surface area contributed by atoms with Crippen LogP contribution in [0.5, 0.6) is 11.6 Å². The van der Waals surface area contributed by atoms with Crippen LogP contribution in [0.4, 0.5) is 13.2 Å². The van der Waals surface area contributed by atoms with E-state index in [-0.39, 0.29) is 28.7 Å². The van der Waals surface area contributed by atoms with E-state index in [9.17, 15) is 13.2 Å². The van der Waals surface area contributed by atoms with Crippen LogP contribution in [0.3, 0.4) is 0 Å². The molecule has 0 unspecified atom stereocenters. The molecule has 0 spiro atoms. The molecule has 0 fully saturated rings. The van der Waals surface area contributed by atoms with Gasteiger partial charge in [-0.2, -0.15) is 13.2 Å². The number of nitrogens with one attached hydrogen (secondary N) is 1. The lowest BCUT2D eigenvalue weighted by atomic mass is 9.99. The van der Waals surface area contributed by atoms with Crippen LogP contribution in [0.2, 0.25) is 5.15 Å². The monoisotopic (exact) mass is 553 g/mol. The standard InChI is InChI=1S/C28H23ClF3N5O2/c1-16-6-7-19(17(2)12-16)13-21-15-38-37-26(34-21)24-23(18-8-10-33-11-9-18)25(29)35-36-27(24)39-22-5-3-4-20(14-22)28(30,31)32/h3-12,14,21H,13,15H2,1-2H3,(H,34,37)/t21-/m1/s1. The zero-order chi connectivity index (χ0) is 27.6. The van der Waals surface area contributed by atoms with Gasteiger partial charge in [0, 0.05) is 18.0 Å². The van der Waals surface area contributed by atoms with E-state index in [1.165, 1.54) is 12.1 Å². The Balaban J connectivity index is 1.60. The van der Waals surface area contributed by atoms with Crippen LogP contribution in [0, 0.1) is 13.8 Å². The largest absolute Gasteiger partial charge is 0.437 e. The molecular formula is C28H23ClF3N5O2. The lowest BCUT2D eigenvalue weighted by Crippen LogP contribution is -2.37. The van der Waals surface area contributed by atoms with Gasteiger partial charge in [0.1, 0.15) is 5.75 Å². The number of alkyl halides is 3. The summed E-state index contributed by atoms with van der Waals surface area (Å²) in [6, 6.07) is 13.9. The first-order valence-corrected chi connectivity index (χ1v) is 12.4. The van der Waals surface area contributed by atoms with E-state index < -0.39 is 11.7 Å². The van der Waals surface area contributed by atoms with Crippen LogP contribution in [0.15, 0.2) is 72.0 Å². The minimum Gasteiger partial charge on any atom is -0.437 e. The molecule has 0 saturated heterocycles.